The van der Waals surface area contributed by atoms with E-state index in [2.05, 4.69) is 15.3 Å². The molecule has 0 bridgehead atoms. The van der Waals surface area contributed by atoms with Gasteiger partial charge in [-0.15, -0.1) is 0 Å². The van der Waals surface area contributed by atoms with Crippen molar-refractivity contribution >= 4 is 11.9 Å². The molecular formula is C10H13N3O2. The minimum Gasteiger partial charge on any atom is -0.481 e. The van der Waals surface area contributed by atoms with Crippen LogP contribution in [0.1, 0.15) is 18.5 Å². The van der Waals surface area contributed by atoms with Gasteiger partial charge in [-0.05, 0) is 25.8 Å². The van der Waals surface area contributed by atoms with Gasteiger partial charge in [-0.25, -0.2) is 9.97 Å². The van der Waals surface area contributed by atoms with Gasteiger partial charge in [-0.3, -0.25) is 4.79 Å². The van der Waals surface area contributed by atoms with Crippen LogP contribution in [0, 0.1) is 12.3 Å². The lowest BCUT2D eigenvalue weighted by Crippen LogP contribution is -2.25. The van der Waals surface area contributed by atoms with E-state index in [1.165, 1.54) is 0 Å². The maximum atomic E-state index is 10.9. The third-order valence-electron chi connectivity index (χ3n) is 2.69. The predicted molar refractivity (Wildman–Crippen MR) is 54.6 cm³/mol. The van der Waals surface area contributed by atoms with Crippen LogP contribution < -0.4 is 5.32 Å². The molecule has 0 amide bonds. The van der Waals surface area contributed by atoms with Crippen molar-refractivity contribution < 1.29 is 9.90 Å². The molecule has 5 nitrogen and oxygen atoms in total. The topological polar surface area (TPSA) is 75.1 Å². The average molecular weight is 207 g/mol. The summed E-state index contributed by atoms with van der Waals surface area (Å²) in [6, 6.07) is 1.80. The SMILES string of the molecule is Cc1ccnc(NCC2(C(=O)O)CC2)n1. The molecule has 1 heterocycles. The van der Waals surface area contributed by atoms with Gasteiger partial charge in [0.1, 0.15) is 0 Å². The Bertz CT molecular complexity index is 388. The number of aliphatic carboxylic acids is 1. The van der Waals surface area contributed by atoms with Gasteiger partial charge in [0.15, 0.2) is 0 Å². The van der Waals surface area contributed by atoms with Crippen LogP contribution in [0.15, 0.2) is 12.3 Å². The molecular weight excluding hydrogens is 194 g/mol. The molecule has 0 unspecified atom stereocenters. The lowest BCUT2D eigenvalue weighted by atomic mass is 10.1. The summed E-state index contributed by atoms with van der Waals surface area (Å²) in [7, 11) is 0. The molecule has 0 aliphatic heterocycles. The number of hydrogen-bond acceptors (Lipinski definition) is 4. The fourth-order valence-corrected chi connectivity index (χ4v) is 1.40. The highest BCUT2D eigenvalue weighted by Crippen LogP contribution is 2.45. The first-order valence-corrected chi connectivity index (χ1v) is 4.89. The molecule has 1 aromatic heterocycles. The second-order valence-electron chi connectivity index (χ2n) is 3.96. The van der Waals surface area contributed by atoms with Gasteiger partial charge < -0.3 is 10.4 Å². The highest BCUT2D eigenvalue weighted by Gasteiger charge is 2.50. The minimum atomic E-state index is -0.734. The van der Waals surface area contributed by atoms with E-state index < -0.39 is 11.4 Å². The Balaban J connectivity index is 1.96. The van der Waals surface area contributed by atoms with Crippen molar-refractivity contribution in [3.63, 3.8) is 0 Å². The first-order chi connectivity index (χ1) is 7.12. The van der Waals surface area contributed by atoms with Gasteiger partial charge >= 0.3 is 5.97 Å². The average Bonchev–Trinajstić information content (AvgIpc) is 2.96. The van der Waals surface area contributed by atoms with Crippen LogP contribution in [-0.4, -0.2) is 27.6 Å². The summed E-state index contributed by atoms with van der Waals surface area (Å²) in [5.41, 5.74) is 0.292. The maximum absolute atomic E-state index is 10.9. The van der Waals surface area contributed by atoms with E-state index in [1.807, 2.05) is 6.92 Å². The molecule has 2 rings (SSSR count). The number of nitrogens with one attached hydrogen (secondary N) is 1. The molecule has 80 valence electrons. The summed E-state index contributed by atoms with van der Waals surface area (Å²) in [4.78, 5) is 19.1. The smallest absolute Gasteiger partial charge is 0.311 e. The Labute approximate surface area is 87.6 Å². The number of nitrogens with zero attached hydrogens (tertiary/aromatic N) is 2. The first-order valence-electron chi connectivity index (χ1n) is 4.89. The van der Waals surface area contributed by atoms with E-state index in [1.54, 1.807) is 12.3 Å². The molecule has 0 saturated heterocycles. The molecule has 1 aliphatic carbocycles. The van der Waals surface area contributed by atoms with E-state index in [-0.39, 0.29) is 0 Å². The van der Waals surface area contributed by atoms with Crippen LogP contribution in [0.3, 0.4) is 0 Å². The third kappa shape index (κ3) is 2.06. The van der Waals surface area contributed by atoms with Gasteiger partial charge in [0, 0.05) is 18.4 Å². The summed E-state index contributed by atoms with van der Waals surface area (Å²) in [6.07, 6.45) is 3.13. The van der Waals surface area contributed by atoms with Crippen molar-refractivity contribution in [1.29, 1.82) is 0 Å². The molecule has 0 spiro atoms. The van der Waals surface area contributed by atoms with Crippen LogP contribution in [-0.2, 0) is 4.79 Å². The number of rotatable bonds is 4. The van der Waals surface area contributed by atoms with Gasteiger partial charge in [0.25, 0.3) is 0 Å². The highest BCUT2D eigenvalue weighted by molar-refractivity contribution is 5.78. The molecule has 1 saturated carbocycles. The van der Waals surface area contributed by atoms with Crippen molar-refractivity contribution in [2.24, 2.45) is 5.41 Å². The number of carboxylic acids is 1. The molecule has 1 aromatic rings. The van der Waals surface area contributed by atoms with Crippen LogP contribution in [0.5, 0.6) is 0 Å². The second-order valence-corrected chi connectivity index (χ2v) is 3.96. The quantitative estimate of drug-likeness (QED) is 0.772. The fraction of sp³-hybridized carbons (Fsp3) is 0.500. The van der Waals surface area contributed by atoms with Crippen LogP contribution in [0.2, 0.25) is 0 Å². The number of aryl methyl sites for hydroxylation is 1. The summed E-state index contributed by atoms with van der Waals surface area (Å²) < 4.78 is 0. The molecule has 1 fully saturated rings. The summed E-state index contributed by atoms with van der Waals surface area (Å²) in [5.74, 6) is -0.231. The summed E-state index contributed by atoms with van der Waals surface area (Å²) in [5, 5.41) is 11.9. The first kappa shape index (κ1) is 9.89. The lowest BCUT2D eigenvalue weighted by molar-refractivity contribution is -0.142. The van der Waals surface area contributed by atoms with Crippen molar-refractivity contribution in [2.45, 2.75) is 19.8 Å². The zero-order valence-corrected chi connectivity index (χ0v) is 8.53. The van der Waals surface area contributed by atoms with Crippen molar-refractivity contribution in [3.8, 4) is 0 Å². The lowest BCUT2D eigenvalue weighted by Gasteiger charge is -2.10. The van der Waals surface area contributed by atoms with Crippen molar-refractivity contribution in [2.75, 3.05) is 11.9 Å². The number of carbonyl (C=O) groups is 1. The molecule has 2 N–H and O–H groups in total. The van der Waals surface area contributed by atoms with E-state index in [4.69, 9.17) is 5.11 Å². The molecule has 0 aromatic carbocycles. The monoisotopic (exact) mass is 207 g/mol. The summed E-state index contributed by atoms with van der Waals surface area (Å²) >= 11 is 0. The predicted octanol–water partition coefficient (Wildman–Crippen LogP) is 1.06. The zero-order valence-electron chi connectivity index (χ0n) is 8.53. The molecule has 1 aliphatic rings. The highest BCUT2D eigenvalue weighted by atomic mass is 16.4. The standard InChI is InChI=1S/C10H13N3O2/c1-7-2-5-11-9(13-7)12-6-10(3-4-10)8(14)15/h2,5H,3-4,6H2,1H3,(H,14,15)(H,11,12,13). The van der Waals surface area contributed by atoms with Crippen molar-refractivity contribution in [1.82, 2.24) is 9.97 Å². The Morgan fingerprint density at radius 2 is 2.40 bits per heavy atom. The summed E-state index contributed by atoms with van der Waals surface area (Å²) in [6.45, 7) is 2.28. The Kier molecular flexibility index (Phi) is 2.30. The second kappa shape index (κ2) is 3.49. The van der Waals surface area contributed by atoms with Gasteiger partial charge in [-0.2, -0.15) is 0 Å². The maximum Gasteiger partial charge on any atom is 0.311 e. The third-order valence-corrected chi connectivity index (χ3v) is 2.69. The molecule has 0 atom stereocenters. The van der Waals surface area contributed by atoms with Crippen LogP contribution in [0.4, 0.5) is 5.95 Å². The fourth-order valence-electron chi connectivity index (χ4n) is 1.40. The van der Waals surface area contributed by atoms with Crippen molar-refractivity contribution in [3.05, 3.63) is 18.0 Å². The van der Waals surface area contributed by atoms with E-state index in [9.17, 15) is 4.79 Å². The number of carboxylic acid groups (broad SMARTS) is 1. The van der Waals surface area contributed by atoms with Crippen LogP contribution in [0.25, 0.3) is 0 Å². The Morgan fingerprint density at radius 1 is 1.67 bits per heavy atom. The van der Waals surface area contributed by atoms with Gasteiger partial charge in [0.05, 0.1) is 5.41 Å². The number of aromatic nitrogens is 2. The molecule has 0 radical (unpaired) electrons. The Morgan fingerprint density at radius 3 is 2.93 bits per heavy atom. The molecule has 5 heteroatoms. The van der Waals surface area contributed by atoms with Crippen LogP contribution >= 0.6 is 0 Å². The Hall–Kier alpha value is -1.65. The molecule has 15 heavy (non-hydrogen) atoms. The normalized spacial score (nSPS) is 17.1. The van der Waals surface area contributed by atoms with E-state index in [0.29, 0.717) is 12.5 Å². The van der Waals surface area contributed by atoms with E-state index >= 15 is 0 Å². The van der Waals surface area contributed by atoms with Gasteiger partial charge in [0.2, 0.25) is 5.95 Å². The minimum absolute atomic E-state index is 0.409. The van der Waals surface area contributed by atoms with E-state index in [0.717, 1.165) is 18.5 Å². The van der Waals surface area contributed by atoms with Gasteiger partial charge in [-0.1, -0.05) is 0 Å². The zero-order chi connectivity index (χ0) is 10.9. The number of hydrogen-bond donors (Lipinski definition) is 2. The number of anilines is 1. The largest absolute Gasteiger partial charge is 0.481 e.